The molecule has 1 saturated heterocycles. The van der Waals surface area contributed by atoms with E-state index in [0.717, 1.165) is 10.1 Å². The van der Waals surface area contributed by atoms with Gasteiger partial charge in [-0.1, -0.05) is 0 Å². The number of aliphatic hydroxyl groups is 1. The Labute approximate surface area is 108 Å². The first-order valence-corrected chi connectivity index (χ1v) is 6.25. The van der Waals surface area contributed by atoms with E-state index >= 15 is 0 Å². The molecule has 1 aromatic rings. The van der Waals surface area contributed by atoms with Gasteiger partial charge in [0.2, 0.25) is 5.95 Å². The maximum atomic E-state index is 9.12. The van der Waals surface area contributed by atoms with Crippen molar-refractivity contribution in [1.29, 1.82) is 0 Å². The molecule has 88 valence electrons. The van der Waals surface area contributed by atoms with Gasteiger partial charge in [0.05, 0.1) is 18.8 Å². The number of morpholine rings is 1. The first-order chi connectivity index (χ1) is 7.69. The van der Waals surface area contributed by atoms with Gasteiger partial charge in [0.25, 0.3) is 0 Å². The Morgan fingerprint density at radius 3 is 2.81 bits per heavy atom. The molecule has 0 radical (unpaired) electrons. The Morgan fingerprint density at radius 1 is 1.50 bits per heavy atom. The van der Waals surface area contributed by atoms with Crippen LogP contribution in [-0.2, 0) is 4.74 Å². The van der Waals surface area contributed by atoms with E-state index in [9.17, 15) is 0 Å². The molecule has 1 aromatic heterocycles. The molecule has 1 N–H and O–H groups in total. The minimum atomic E-state index is -0.147. The Balaban J connectivity index is 2.11. The lowest BCUT2D eigenvalue weighted by atomic mass is 10.2. The number of rotatable bonds is 2. The second-order valence-corrected chi connectivity index (χ2v) is 5.10. The zero-order valence-electron chi connectivity index (χ0n) is 9.01. The largest absolute Gasteiger partial charge is 0.394 e. The highest BCUT2D eigenvalue weighted by molar-refractivity contribution is 14.1. The molecule has 1 fully saturated rings. The molecule has 0 saturated carbocycles. The highest BCUT2D eigenvalue weighted by Crippen LogP contribution is 2.16. The fourth-order valence-corrected chi connectivity index (χ4v) is 2.06. The van der Waals surface area contributed by atoms with Crippen molar-refractivity contribution in [1.82, 2.24) is 9.97 Å². The van der Waals surface area contributed by atoms with Crippen LogP contribution in [0.1, 0.15) is 6.92 Å². The summed E-state index contributed by atoms with van der Waals surface area (Å²) in [4.78, 5) is 10.6. The molecule has 2 atom stereocenters. The second-order valence-electron chi connectivity index (χ2n) is 3.86. The lowest BCUT2D eigenvalue weighted by Gasteiger charge is -2.35. The van der Waals surface area contributed by atoms with Crippen LogP contribution in [-0.4, -0.2) is 47.0 Å². The molecule has 0 aromatic carbocycles. The third-order valence-corrected chi connectivity index (χ3v) is 2.98. The highest BCUT2D eigenvalue weighted by Gasteiger charge is 2.26. The quantitative estimate of drug-likeness (QED) is 0.805. The monoisotopic (exact) mass is 335 g/mol. The summed E-state index contributed by atoms with van der Waals surface area (Å²) >= 11 is 2.17. The molecule has 1 aliphatic heterocycles. The molecule has 0 amide bonds. The van der Waals surface area contributed by atoms with E-state index in [1.807, 2.05) is 11.8 Å². The van der Waals surface area contributed by atoms with Gasteiger partial charge in [0.1, 0.15) is 0 Å². The zero-order valence-corrected chi connectivity index (χ0v) is 11.2. The van der Waals surface area contributed by atoms with E-state index in [2.05, 4.69) is 32.6 Å². The molecule has 0 bridgehead atoms. The van der Waals surface area contributed by atoms with Gasteiger partial charge in [0.15, 0.2) is 0 Å². The van der Waals surface area contributed by atoms with Gasteiger partial charge >= 0.3 is 0 Å². The van der Waals surface area contributed by atoms with Crippen LogP contribution in [0.3, 0.4) is 0 Å². The van der Waals surface area contributed by atoms with Gasteiger partial charge < -0.3 is 14.7 Å². The summed E-state index contributed by atoms with van der Waals surface area (Å²) in [5.41, 5.74) is 0. The van der Waals surface area contributed by atoms with Crippen molar-refractivity contribution < 1.29 is 9.84 Å². The smallest absolute Gasteiger partial charge is 0.225 e. The molecule has 5 nitrogen and oxygen atoms in total. The summed E-state index contributed by atoms with van der Waals surface area (Å²) in [6.07, 6.45) is 3.52. The van der Waals surface area contributed by atoms with E-state index in [1.165, 1.54) is 0 Å². The number of aromatic nitrogens is 2. The summed E-state index contributed by atoms with van der Waals surface area (Å²) in [5.74, 6) is 0.703. The fourth-order valence-electron chi connectivity index (χ4n) is 1.78. The lowest BCUT2D eigenvalue weighted by molar-refractivity contribution is -0.0425. The van der Waals surface area contributed by atoms with Crippen molar-refractivity contribution in [3.8, 4) is 0 Å². The van der Waals surface area contributed by atoms with Crippen LogP contribution >= 0.6 is 22.6 Å². The lowest BCUT2D eigenvalue weighted by Crippen LogP contribution is -2.48. The fraction of sp³-hybridized carbons (Fsp3) is 0.600. The van der Waals surface area contributed by atoms with Gasteiger partial charge in [-0.25, -0.2) is 9.97 Å². The molecular weight excluding hydrogens is 321 g/mol. The Morgan fingerprint density at radius 2 is 2.19 bits per heavy atom. The Hall–Kier alpha value is -0.470. The predicted octanol–water partition coefficient (Wildman–Crippen LogP) is 0.667. The summed E-state index contributed by atoms with van der Waals surface area (Å²) in [6, 6.07) is 0. The topological polar surface area (TPSA) is 58.5 Å². The molecular formula is C10H14IN3O2. The number of hydrogen-bond donors (Lipinski definition) is 1. The number of nitrogens with zero attached hydrogens (tertiary/aromatic N) is 3. The van der Waals surface area contributed by atoms with Gasteiger partial charge in [-0.15, -0.1) is 0 Å². The van der Waals surface area contributed by atoms with Crippen LogP contribution in [0, 0.1) is 3.57 Å². The van der Waals surface area contributed by atoms with Gasteiger partial charge in [-0.05, 0) is 29.5 Å². The summed E-state index contributed by atoms with van der Waals surface area (Å²) in [6.45, 7) is 3.42. The van der Waals surface area contributed by atoms with E-state index in [4.69, 9.17) is 9.84 Å². The summed E-state index contributed by atoms with van der Waals surface area (Å²) < 4.78 is 6.58. The number of aliphatic hydroxyl groups excluding tert-OH is 1. The normalized spacial score (nSPS) is 25.8. The second kappa shape index (κ2) is 5.24. The van der Waals surface area contributed by atoms with Crippen molar-refractivity contribution in [2.45, 2.75) is 19.1 Å². The molecule has 1 aliphatic rings. The number of halogens is 1. The predicted molar refractivity (Wildman–Crippen MR) is 68.4 cm³/mol. The standard InChI is InChI=1S/C10H14IN3O2/c1-7-4-14(5-9(6-15)16-7)10-12-2-8(11)3-13-10/h2-3,7,9,15H,4-6H2,1H3. The molecule has 0 spiro atoms. The molecule has 2 rings (SSSR count). The van der Waals surface area contributed by atoms with E-state index in [1.54, 1.807) is 12.4 Å². The maximum absolute atomic E-state index is 9.12. The van der Waals surface area contributed by atoms with Crippen molar-refractivity contribution >= 4 is 28.5 Å². The Bertz CT molecular complexity index is 346. The highest BCUT2D eigenvalue weighted by atomic mass is 127. The molecule has 0 aliphatic carbocycles. The minimum Gasteiger partial charge on any atom is -0.394 e. The van der Waals surface area contributed by atoms with Crippen molar-refractivity contribution in [3.63, 3.8) is 0 Å². The van der Waals surface area contributed by atoms with E-state index in [-0.39, 0.29) is 18.8 Å². The third-order valence-electron chi connectivity index (χ3n) is 2.42. The first-order valence-electron chi connectivity index (χ1n) is 5.18. The summed E-state index contributed by atoms with van der Waals surface area (Å²) in [5, 5.41) is 9.12. The van der Waals surface area contributed by atoms with Crippen molar-refractivity contribution in [2.24, 2.45) is 0 Å². The van der Waals surface area contributed by atoms with Crippen LogP contribution in [0.5, 0.6) is 0 Å². The molecule has 16 heavy (non-hydrogen) atoms. The number of hydrogen-bond acceptors (Lipinski definition) is 5. The average molecular weight is 335 g/mol. The minimum absolute atomic E-state index is 0.0329. The van der Waals surface area contributed by atoms with Crippen LogP contribution in [0.25, 0.3) is 0 Å². The van der Waals surface area contributed by atoms with E-state index < -0.39 is 0 Å². The first kappa shape index (κ1) is 12.0. The zero-order chi connectivity index (χ0) is 11.5. The number of ether oxygens (including phenoxy) is 1. The molecule has 2 heterocycles. The third kappa shape index (κ3) is 2.80. The van der Waals surface area contributed by atoms with Crippen LogP contribution in [0.2, 0.25) is 0 Å². The summed E-state index contributed by atoms with van der Waals surface area (Å²) in [7, 11) is 0. The van der Waals surface area contributed by atoms with Crippen LogP contribution in [0.15, 0.2) is 12.4 Å². The molecule has 2 unspecified atom stereocenters. The van der Waals surface area contributed by atoms with Crippen molar-refractivity contribution in [2.75, 3.05) is 24.6 Å². The van der Waals surface area contributed by atoms with Gasteiger partial charge in [0, 0.05) is 29.1 Å². The maximum Gasteiger partial charge on any atom is 0.225 e. The van der Waals surface area contributed by atoms with Crippen LogP contribution < -0.4 is 4.90 Å². The SMILES string of the molecule is CC1CN(c2ncc(I)cn2)CC(CO)O1. The Kier molecular flexibility index (Phi) is 3.93. The number of anilines is 1. The van der Waals surface area contributed by atoms with E-state index in [0.29, 0.717) is 12.5 Å². The van der Waals surface area contributed by atoms with Gasteiger partial charge in [-0.3, -0.25) is 0 Å². The van der Waals surface area contributed by atoms with Crippen molar-refractivity contribution in [3.05, 3.63) is 16.0 Å². The van der Waals surface area contributed by atoms with Gasteiger partial charge in [-0.2, -0.15) is 0 Å². The van der Waals surface area contributed by atoms with Crippen LogP contribution in [0.4, 0.5) is 5.95 Å². The average Bonchev–Trinajstić information content (AvgIpc) is 2.29. The molecule has 6 heteroatoms.